The summed E-state index contributed by atoms with van der Waals surface area (Å²) in [7, 11) is 4.07. The van der Waals surface area contributed by atoms with Gasteiger partial charge in [-0.15, -0.1) is 0 Å². The number of aromatic nitrogens is 2. The van der Waals surface area contributed by atoms with Crippen LogP contribution >= 0.6 is 0 Å². The van der Waals surface area contributed by atoms with Crippen molar-refractivity contribution in [3.8, 4) is 0 Å². The summed E-state index contributed by atoms with van der Waals surface area (Å²) in [5, 5.41) is 4.18. The summed E-state index contributed by atoms with van der Waals surface area (Å²) in [4.78, 5) is 2.30. The Kier molecular flexibility index (Phi) is 3.81. The summed E-state index contributed by atoms with van der Waals surface area (Å²) >= 11 is 0. The quantitative estimate of drug-likeness (QED) is 0.797. The molecule has 0 aromatic carbocycles. The number of hydrogen-bond acceptors (Lipinski definition) is 4. The van der Waals surface area contributed by atoms with Gasteiger partial charge in [0.05, 0.1) is 12.8 Å². The molecular weight excluding hydrogens is 216 g/mol. The van der Waals surface area contributed by atoms with Crippen LogP contribution in [0.15, 0.2) is 12.4 Å². The van der Waals surface area contributed by atoms with Gasteiger partial charge < -0.3 is 15.4 Å². The largest absolute Gasteiger partial charge is 0.381 e. The third kappa shape index (κ3) is 3.06. The highest BCUT2D eigenvalue weighted by Crippen LogP contribution is 2.28. The molecule has 1 fully saturated rings. The van der Waals surface area contributed by atoms with Crippen LogP contribution in [0.3, 0.4) is 0 Å². The second kappa shape index (κ2) is 5.16. The number of hydrogen-bond donors (Lipinski definition) is 1. The third-order valence-electron chi connectivity index (χ3n) is 3.43. The molecule has 2 N–H and O–H groups in total. The van der Waals surface area contributed by atoms with Crippen molar-refractivity contribution in [1.82, 2.24) is 14.7 Å². The Hall–Kier alpha value is -0.910. The summed E-state index contributed by atoms with van der Waals surface area (Å²) in [6.07, 6.45) is 5.04. The molecule has 5 heteroatoms. The molecule has 0 bridgehead atoms. The van der Waals surface area contributed by atoms with E-state index < -0.39 is 0 Å². The van der Waals surface area contributed by atoms with Gasteiger partial charge in [-0.3, -0.25) is 4.68 Å². The van der Waals surface area contributed by atoms with E-state index in [-0.39, 0.29) is 5.41 Å². The second-order valence-electron chi connectivity index (χ2n) is 5.20. The van der Waals surface area contributed by atoms with Crippen LogP contribution in [0.4, 0.5) is 0 Å². The number of nitrogens with two attached hydrogens (primary N) is 1. The van der Waals surface area contributed by atoms with Crippen molar-refractivity contribution in [3.63, 3.8) is 0 Å². The molecule has 96 valence electrons. The van der Waals surface area contributed by atoms with Crippen LogP contribution in [0.5, 0.6) is 0 Å². The molecule has 0 spiro atoms. The van der Waals surface area contributed by atoms with Gasteiger partial charge >= 0.3 is 0 Å². The highest BCUT2D eigenvalue weighted by Gasteiger charge is 2.34. The van der Waals surface area contributed by atoms with Crippen molar-refractivity contribution in [1.29, 1.82) is 0 Å². The number of ether oxygens (including phenoxy) is 1. The van der Waals surface area contributed by atoms with Crippen LogP contribution in [0.1, 0.15) is 12.0 Å². The van der Waals surface area contributed by atoms with Crippen molar-refractivity contribution in [2.75, 3.05) is 33.4 Å². The lowest BCUT2D eigenvalue weighted by atomic mass is 9.87. The third-order valence-corrected chi connectivity index (χ3v) is 3.43. The Morgan fingerprint density at radius 1 is 1.65 bits per heavy atom. The van der Waals surface area contributed by atoms with Gasteiger partial charge in [0.2, 0.25) is 0 Å². The van der Waals surface area contributed by atoms with Crippen molar-refractivity contribution >= 4 is 0 Å². The fourth-order valence-corrected chi connectivity index (χ4v) is 2.49. The highest BCUT2D eigenvalue weighted by molar-refractivity contribution is 5.03. The van der Waals surface area contributed by atoms with Crippen molar-refractivity contribution < 1.29 is 4.74 Å². The minimum absolute atomic E-state index is 0.150. The van der Waals surface area contributed by atoms with Crippen LogP contribution in [0.2, 0.25) is 0 Å². The average Bonchev–Trinajstić information content (AvgIpc) is 2.89. The standard InChI is InChI=1S/C12H22N4O/c1-15(6-11-5-14-16(2)7-11)9-12(8-13)3-4-17-10-12/h5,7H,3-4,6,8-10,13H2,1-2H3. The van der Waals surface area contributed by atoms with Crippen molar-refractivity contribution in [2.45, 2.75) is 13.0 Å². The Balaban J connectivity index is 1.90. The van der Waals surface area contributed by atoms with Gasteiger partial charge in [0.1, 0.15) is 0 Å². The van der Waals surface area contributed by atoms with Gasteiger partial charge in [0.15, 0.2) is 0 Å². The SMILES string of the molecule is CN(Cc1cnn(C)c1)CC1(CN)CCOC1. The molecule has 2 rings (SSSR count). The van der Waals surface area contributed by atoms with Gasteiger partial charge in [0.25, 0.3) is 0 Å². The van der Waals surface area contributed by atoms with E-state index in [1.807, 2.05) is 17.9 Å². The van der Waals surface area contributed by atoms with Gasteiger partial charge in [-0.2, -0.15) is 5.10 Å². The Bertz CT molecular complexity index is 357. The van der Waals surface area contributed by atoms with Crippen LogP contribution in [-0.2, 0) is 18.3 Å². The maximum Gasteiger partial charge on any atom is 0.0547 e. The molecule has 1 saturated heterocycles. The molecule has 1 unspecified atom stereocenters. The summed E-state index contributed by atoms with van der Waals surface area (Å²) < 4.78 is 7.32. The average molecular weight is 238 g/mol. The molecule has 1 aromatic heterocycles. The van der Waals surface area contributed by atoms with Gasteiger partial charge in [0, 0.05) is 50.5 Å². The predicted molar refractivity (Wildman–Crippen MR) is 66.5 cm³/mol. The highest BCUT2D eigenvalue weighted by atomic mass is 16.5. The summed E-state index contributed by atoms with van der Waals surface area (Å²) in [6, 6.07) is 0. The molecule has 1 aromatic rings. The molecule has 1 aliphatic rings. The maximum atomic E-state index is 5.89. The smallest absolute Gasteiger partial charge is 0.0547 e. The molecule has 17 heavy (non-hydrogen) atoms. The van der Waals surface area contributed by atoms with E-state index in [0.29, 0.717) is 6.54 Å². The number of aryl methyl sites for hydroxylation is 1. The second-order valence-corrected chi connectivity index (χ2v) is 5.20. The molecule has 0 saturated carbocycles. The zero-order valence-electron chi connectivity index (χ0n) is 10.7. The Labute approximate surface area is 103 Å². The van der Waals surface area contributed by atoms with Crippen LogP contribution in [-0.4, -0.2) is 48.0 Å². The zero-order chi connectivity index (χ0) is 12.3. The van der Waals surface area contributed by atoms with Crippen molar-refractivity contribution in [3.05, 3.63) is 18.0 Å². The van der Waals surface area contributed by atoms with E-state index in [1.54, 1.807) is 0 Å². The molecule has 0 radical (unpaired) electrons. The van der Waals surface area contributed by atoms with E-state index in [9.17, 15) is 0 Å². The molecule has 0 amide bonds. The fourth-order valence-electron chi connectivity index (χ4n) is 2.49. The van der Waals surface area contributed by atoms with Crippen LogP contribution in [0, 0.1) is 5.41 Å². The lowest BCUT2D eigenvalue weighted by molar-refractivity contribution is 0.123. The monoisotopic (exact) mass is 238 g/mol. The summed E-state index contributed by atoms with van der Waals surface area (Å²) in [5.41, 5.74) is 7.28. The molecule has 1 atom stereocenters. The predicted octanol–water partition coefficient (Wildman–Crippen LogP) is 0.217. The minimum Gasteiger partial charge on any atom is -0.381 e. The number of rotatable bonds is 5. The lowest BCUT2D eigenvalue weighted by Gasteiger charge is -2.30. The first kappa shape index (κ1) is 12.5. The first-order chi connectivity index (χ1) is 8.13. The maximum absolute atomic E-state index is 5.89. The topological polar surface area (TPSA) is 56.3 Å². The van der Waals surface area contributed by atoms with E-state index in [2.05, 4.69) is 23.2 Å². The number of nitrogens with zero attached hydrogens (tertiary/aromatic N) is 3. The first-order valence-electron chi connectivity index (χ1n) is 6.07. The summed E-state index contributed by atoms with van der Waals surface area (Å²) in [6.45, 7) is 4.23. The Morgan fingerprint density at radius 2 is 2.47 bits per heavy atom. The van der Waals surface area contributed by atoms with Gasteiger partial charge in [-0.25, -0.2) is 0 Å². The molecule has 1 aliphatic heterocycles. The van der Waals surface area contributed by atoms with Crippen LogP contribution < -0.4 is 5.73 Å². The molecular formula is C12H22N4O. The van der Waals surface area contributed by atoms with E-state index in [0.717, 1.165) is 32.7 Å². The minimum atomic E-state index is 0.150. The summed E-state index contributed by atoms with van der Waals surface area (Å²) in [5.74, 6) is 0. The van der Waals surface area contributed by atoms with Crippen molar-refractivity contribution in [2.24, 2.45) is 18.2 Å². The normalized spacial score (nSPS) is 24.7. The van der Waals surface area contributed by atoms with Crippen LogP contribution in [0.25, 0.3) is 0 Å². The van der Waals surface area contributed by atoms with E-state index in [4.69, 9.17) is 10.5 Å². The van der Waals surface area contributed by atoms with Gasteiger partial charge in [-0.05, 0) is 13.5 Å². The Morgan fingerprint density at radius 3 is 3.00 bits per heavy atom. The zero-order valence-corrected chi connectivity index (χ0v) is 10.7. The molecule has 5 nitrogen and oxygen atoms in total. The van der Waals surface area contributed by atoms with Gasteiger partial charge in [-0.1, -0.05) is 0 Å². The fraction of sp³-hybridized carbons (Fsp3) is 0.750. The lowest BCUT2D eigenvalue weighted by Crippen LogP contribution is -2.41. The molecule has 2 heterocycles. The first-order valence-corrected chi connectivity index (χ1v) is 6.07. The van der Waals surface area contributed by atoms with E-state index in [1.165, 1.54) is 5.56 Å². The molecule has 0 aliphatic carbocycles. The van der Waals surface area contributed by atoms with E-state index >= 15 is 0 Å².